The Morgan fingerprint density at radius 3 is 2.52 bits per heavy atom. The van der Waals surface area contributed by atoms with E-state index in [1.54, 1.807) is 0 Å². The molecule has 0 heterocycles. The maximum Gasteiger partial charge on any atom is 0.220 e. The summed E-state index contributed by atoms with van der Waals surface area (Å²) >= 11 is 5.98. The van der Waals surface area contributed by atoms with Crippen LogP contribution in [-0.4, -0.2) is 19.1 Å². The van der Waals surface area contributed by atoms with Gasteiger partial charge in [-0.3, -0.25) is 4.79 Å². The molecule has 0 bridgehead atoms. The van der Waals surface area contributed by atoms with Crippen molar-refractivity contribution in [3.05, 3.63) is 59.1 Å². The lowest BCUT2D eigenvalue weighted by molar-refractivity contribution is -0.121. The first-order valence-corrected chi connectivity index (χ1v) is 8.87. The fraction of sp³-hybridized carbons (Fsp3) is 0.350. The van der Waals surface area contributed by atoms with Crippen molar-refractivity contribution in [1.29, 1.82) is 0 Å². The van der Waals surface area contributed by atoms with Gasteiger partial charge < -0.3 is 14.8 Å². The summed E-state index contributed by atoms with van der Waals surface area (Å²) in [6.45, 7) is 4.92. The zero-order valence-corrected chi connectivity index (χ0v) is 15.4. The van der Waals surface area contributed by atoms with Gasteiger partial charge in [-0.15, -0.1) is 0 Å². The second kappa shape index (κ2) is 9.94. The summed E-state index contributed by atoms with van der Waals surface area (Å²) in [4.78, 5) is 12.1. The number of nitrogens with one attached hydrogen (secondary N) is 1. The smallest absolute Gasteiger partial charge is 0.220 e. The Morgan fingerprint density at radius 1 is 1.12 bits per heavy atom. The molecule has 0 aliphatic rings. The van der Waals surface area contributed by atoms with Gasteiger partial charge in [0.05, 0.1) is 19.3 Å². The summed E-state index contributed by atoms with van der Waals surface area (Å²) in [5.74, 6) is 1.43. The summed E-state index contributed by atoms with van der Waals surface area (Å²) in [7, 11) is 0. The number of ether oxygens (including phenoxy) is 2. The van der Waals surface area contributed by atoms with Gasteiger partial charge in [0.1, 0.15) is 0 Å². The molecule has 2 aromatic carbocycles. The third-order valence-electron chi connectivity index (χ3n) is 3.68. The Labute approximate surface area is 154 Å². The van der Waals surface area contributed by atoms with E-state index in [-0.39, 0.29) is 11.9 Å². The largest absolute Gasteiger partial charge is 0.490 e. The molecule has 4 nitrogen and oxygen atoms in total. The Bertz CT molecular complexity index is 690. The second-order valence-corrected chi connectivity index (χ2v) is 6.11. The molecule has 1 N–H and O–H groups in total. The molecule has 2 rings (SSSR count). The van der Waals surface area contributed by atoms with Crippen LogP contribution in [0.15, 0.2) is 48.5 Å². The van der Waals surface area contributed by atoms with Crippen molar-refractivity contribution in [2.24, 2.45) is 0 Å². The second-order valence-electron chi connectivity index (χ2n) is 5.68. The average molecular weight is 362 g/mol. The van der Waals surface area contributed by atoms with E-state index in [2.05, 4.69) is 5.32 Å². The molecule has 0 aliphatic carbocycles. The van der Waals surface area contributed by atoms with Crippen molar-refractivity contribution < 1.29 is 14.3 Å². The van der Waals surface area contributed by atoms with Gasteiger partial charge in [0.2, 0.25) is 5.91 Å². The van der Waals surface area contributed by atoms with Crippen LogP contribution in [0.5, 0.6) is 11.5 Å². The molecule has 0 aromatic heterocycles. The maximum atomic E-state index is 12.1. The van der Waals surface area contributed by atoms with Crippen LogP contribution in [0.25, 0.3) is 0 Å². The van der Waals surface area contributed by atoms with Gasteiger partial charge in [-0.2, -0.15) is 0 Å². The fourth-order valence-electron chi connectivity index (χ4n) is 2.43. The molecule has 0 spiro atoms. The van der Waals surface area contributed by atoms with Gasteiger partial charge in [0.25, 0.3) is 0 Å². The predicted octanol–water partition coefficient (Wildman–Crippen LogP) is 4.78. The zero-order chi connectivity index (χ0) is 18.1. The van der Waals surface area contributed by atoms with Crippen molar-refractivity contribution in [2.75, 3.05) is 13.2 Å². The van der Waals surface area contributed by atoms with E-state index in [0.717, 1.165) is 11.3 Å². The third-order valence-corrected chi connectivity index (χ3v) is 3.92. The van der Waals surface area contributed by atoms with Crippen molar-refractivity contribution >= 4 is 17.5 Å². The highest BCUT2D eigenvalue weighted by Crippen LogP contribution is 2.26. The Balaban J connectivity index is 1.74. The minimum atomic E-state index is -0.0780. The molecular weight excluding hydrogens is 338 g/mol. The van der Waals surface area contributed by atoms with Gasteiger partial charge >= 0.3 is 0 Å². The molecule has 25 heavy (non-hydrogen) atoms. The van der Waals surface area contributed by atoms with E-state index in [4.69, 9.17) is 21.1 Å². The van der Waals surface area contributed by atoms with Gasteiger partial charge in [-0.05, 0) is 50.1 Å². The van der Waals surface area contributed by atoms with Crippen LogP contribution in [0.4, 0.5) is 0 Å². The number of carbonyl (C=O) groups excluding carboxylic acids is 1. The summed E-state index contributed by atoms with van der Waals surface area (Å²) in [6.07, 6.45) is 1.04. The van der Waals surface area contributed by atoms with E-state index >= 15 is 0 Å². The Hall–Kier alpha value is -2.20. The van der Waals surface area contributed by atoms with Crippen molar-refractivity contribution in [3.63, 3.8) is 0 Å². The van der Waals surface area contributed by atoms with Crippen LogP contribution in [-0.2, 0) is 4.79 Å². The molecule has 1 atom stereocenters. The Kier molecular flexibility index (Phi) is 7.61. The first-order chi connectivity index (χ1) is 12.1. The van der Waals surface area contributed by atoms with Gasteiger partial charge in [-0.1, -0.05) is 35.9 Å². The minimum absolute atomic E-state index is 0.00540. The molecule has 0 radical (unpaired) electrons. The van der Waals surface area contributed by atoms with Crippen molar-refractivity contribution in [3.8, 4) is 11.5 Å². The van der Waals surface area contributed by atoms with Gasteiger partial charge in [0.15, 0.2) is 11.5 Å². The highest BCUT2D eigenvalue weighted by atomic mass is 35.5. The summed E-state index contributed by atoms with van der Waals surface area (Å²) in [6, 6.07) is 15.0. The molecule has 0 aliphatic heterocycles. The molecular formula is C20H24ClNO3. The normalized spacial score (nSPS) is 11.6. The van der Waals surface area contributed by atoms with E-state index in [1.807, 2.05) is 62.4 Å². The lowest BCUT2D eigenvalue weighted by Gasteiger charge is -2.15. The average Bonchev–Trinajstić information content (AvgIpc) is 2.60. The van der Waals surface area contributed by atoms with Crippen molar-refractivity contribution in [2.45, 2.75) is 32.7 Å². The van der Waals surface area contributed by atoms with Gasteiger partial charge in [-0.25, -0.2) is 0 Å². The highest BCUT2D eigenvalue weighted by Gasteiger charge is 2.10. The number of rotatable bonds is 9. The topological polar surface area (TPSA) is 47.6 Å². The molecule has 0 fully saturated rings. The molecule has 5 heteroatoms. The Morgan fingerprint density at radius 2 is 1.84 bits per heavy atom. The number of halogens is 1. The lowest BCUT2D eigenvalue weighted by atomic mass is 10.1. The fourth-order valence-corrected chi connectivity index (χ4v) is 2.63. The number of hydrogen-bond acceptors (Lipinski definition) is 3. The van der Waals surface area contributed by atoms with Crippen LogP contribution in [0, 0.1) is 0 Å². The number of benzene rings is 2. The maximum absolute atomic E-state index is 12.1. The zero-order valence-electron chi connectivity index (χ0n) is 14.6. The minimum Gasteiger partial charge on any atom is -0.490 e. The lowest BCUT2D eigenvalue weighted by Crippen LogP contribution is -2.26. The van der Waals surface area contributed by atoms with E-state index in [1.165, 1.54) is 0 Å². The standard InChI is InChI=1S/C20H24ClNO3/c1-3-24-18-10-4-5-11-19(18)25-13-7-12-20(23)22-15(2)16-8-6-9-17(21)14-16/h4-6,8-11,14-15H,3,7,12-13H2,1-2H3,(H,22,23). The van der Waals surface area contributed by atoms with Crippen LogP contribution in [0.1, 0.15) is 38.3 Å². The van der Waals surface area contributed by atoms with Crippen LogP contribution < -0.4 is 14.8 Å². The molecule has 1 amide bonds. The predicted molar refractivity (Wildman–Crippen MR) is 100 cm³/mol. The van der Waals surface area contributed by atoms with E-state index in [9.17, 15) is 4.79 Å². The SMILES string of the molecule is CCOc1ccccc1OCCCC(=O)NC(C)c1cccc(Cl)c1. The number of hydrogen-bond donors (Lipinski definition) is 1. The van der Waals surface area contributed by atoms with Crippen LogP contribution >= 0.6 is 11.6 Å². The first-order valence-electron chi connectivity index (χ1n) is 8.49. The number of amides is 1. The molecule has 2 aromatic rings. The van der Waals surface area contributed by atoms with Crippen LogP contribution in [0.3, 0.4) is 0 Å². The molecule has 134 valence electrons. The summed E-state index contributed by atoms with van der Waals surface area (Å²) in [5.41, 5.74) is 0.989. The summed E-state index contributed by atoms with van der Waals surface area (Å²) in [5, 5.41) is 3.64. The van der Waals surface area contributed by atoms with Crippen LogP contribution in [0.2, 0.25) is 5.02 Å². The number of carbonyl (C=O) groups is 1. The highest BCUT2D eigenvalue weighted by molar-refractivity contribution is 6.30. The first kappa shape index (κ1) is 19.1. The molecule has 1 unspecified atom stereocenters. The number of para-hydroxylation sites is 2. The van der Waals surface area contributed by atoms with E-state index in [0.29, 0.717) is 36.8 Å². The third kappa shape index (κ3) is 6.31. The van der Waals surface area contributed by atoms with Gasteiger partial charge in [0, 0.05) is 11.4 Å². The monoisotopic (exact) mass is 361 g/mol. The van der Waals surface area contributed by atoms with E-state index < -0.39 is 0 Å². The van der Waals surface area contributed by atoms with Crippen molar-refractivity contribution in [1.82, 2.24) is 5.32 Å². The molecule has 0 saturated heterocycles. The quantitative estimate of drug-likeness (QED) is 0.654. The molecule has 0 saturated carbocycles. The summed E-state index contributed by atoms with van der Waals surface area (Å²) < 4.78 is 11.2.